The maximum Gasteiger partial charge on any atom is 0.417 e. The molecule has 0 aliphatic heterocycles. The molecule has 0 radical (unpaired) electrons. The lowest BCUT2D eigenvalue weighted by Gasteiger charge is -2.06. The highest BCUT2D eigenvalue weighted by Crippen LogP contribution is 2.29. The van der Waals surface area contributed by atoms with E-state index in [0.717, 1.165) is 6.07 Å². The van der Waals surface area contributed by atoms with E-state index in [4.69, 9.17) is 10.8 Å². The van der Waals surface area contributed by atoms with Crippen LogP contribution in [-0.2, 0) is 6.18 Å². The van der Waals surface area contributed by atoms with E-state index in [1.165, 1.54) is 0 Å². The van der Waals surface area contributed by atoms with E-state index in [9.17, 15) is 13.2 Å². The van der Waals surface area contributed by atoms with Crippen molar-refractivity contribution in [2.75, 3.05) is 12.3 Å². The van der Waals surface area contributed by atoms with Crippen LogP contribution in [-0.4, -0.2) is 16.7 Å². The highest BCUT2D eigenvalue weighted by atomic mass is 19.4. The minimum Gasteiger partial charge on any atom is -0.395 e. The van der Waals surface area contributed by atoms with Crippen molar-refractivity contribution in [2.45, 2.75) is 12.6 Å². The van der Waals surface area contributed by atoms with Crippen molar-refractivity contribution >= 4 is 5.82 Å². The van der Waals surface area contributed by atoms with Crippen LogP contribution < -0.4 is 5.73 Å². The van der Waals surface area contributed by atoms with E-state index >= 15 is 0 Å². The van der Waals surface area contributed by atoms with E-state index in [0.29, 0.717) is 6.20 Å². The SMILES string of the molecule is Nc1ncc(C(F)(F)F)cc1C#CCCO. The fourth-order valence-electron chi connectivity index (χ4n) is 0.944. The van der Waals surface area contributed by atoms with Gasteiger partial charge in [0.25, 0.3) is 0 Å². The molecule has 1 rings (SSSR count). The molecule has 3 nitrogen and oxygen atoms in total. The van der Waals surface area contributed by atoms with Crippen molar-refractivity contribution in [3.63, 3.8) is 0 Å². The van der Waals surface area contributed by atoms with Crippen LogP contribution in [0.15, 0.2) is 12.3 Å². The first kappa shape index (κ1) is 12.3. The Hall–Kier alpha value is -1.74. The highest BCUT2D eigenvalue weighted by molar-refractivity contribution is 5.52. The van der Waals surface area contributed by atoms with Crippen molar-refractivity contribution in [3.8, 4) is 11.8 Å². The lowest BCUT2D eigenvalue weighted by Crippen LogP contribution is -2.07. The molecule has 0 unspecified atom stereocenters. The summed E-state index contributed by atoms with van der Waals surface area (Å²) in [7, 11) is 0. The summed E-state index contributed by atoms with van der Waals surface area (Å²) in [5, 5.41) is 8.47. The first-order chi connectivity index (χ1) is 7.45. The largest absolute Gasteiger partial charge is 0.417 e. The molecule has 3 N–H and O–H groups in total. The molecule has 0 bridgehead atoms. The molecule has 1 aromatic heterocycles. The number of nitrogens with two attached hydrogens (primary N) is 1. The molecular formula is C10H9F3N2O. The second-order valence-electron chi connectivity index (χ2n) is 2.93. The number of halogens is 3. The number of aliphatic hydroxyl groups excluding tert-OH is 1. The Labute approximate surface area is 90.1 Å². The van der Waals surface area contributed by atoms with Gasteiger partial charge >= 0.3 is 6.18 Å². The molecule has 86 valence electrons. The lowest BCUT2D eigenvalue weighted by atomic mass is 10.2. The molecule has 0 aromatic carbocycles. The van der Waals surface area contributed by atoms with Gasteiger partial charge in [-0.3, -0.25) is 0 Å². The van der Waals surface area contributed by atoms with Gasteiger partial charge in [0.05, 0.1) is 17.7 Å². The molecule has 0 aliphatic rings. The van der Waals surface area contributed by atoms with Gasteiger partial charge in [-0.15, -0.1) is 0 Å². The number of alkyl halides is 3. The summed E-state index contributed by atoms with van der Waals surface area (Å²) in [5.74, 6) is 4.86. The van der Waals surface area contributed by atoms with Gasteiger partial charge in [0, 0.05) is 12.6 Å². The third-order valence-electron chi connectivity index (χ3n) is 1.71. The fraction of sp³-hybridized carbons (Fsp3) is 0.300. The zero-order chi connectivity index (χ0) is 12.2. The predicted molar refractivity (Wildman–Crippen MR) is 52.2 cm³/mol. The topological polar surface area (TPSA) is 59.1 Å². The molecule has 6 heteroatoms. The lowest BCUT2D eigenvalue weighted by molar-refractivity contribution is -0.137. The smallest absolute Gasteiger partial charge is 0.395 e. The number of nitrogens with zero attached hydrogens (tertiary/aromatic N) is 1. The summed E-state index contributed by atoms with van der Waals surface area (Å²) in [6, 6.07) is 0.840. The minimum atomic E-state index is -4.46. The minimum absolute atomic E-state index is 0.0169. The molecule has 0 atom stereocenters. The van der Waals surface area contributed by atoms with E-state index in [-0.39, 0.29) is 24.4 Å². The van der Waals surface area contributed by atoms with E-state index < -0.39 is 11.7 Å². The molecule has 0 saturated heterocycles. The summed E-state index contributed by atoms with van der Waals surface area (Å²) in [6.07, 6.45) is -3.63. The van der Waals surface area contributed by atoms with Gasteiger partial charge in [0.15, 0.2) is 0 Å². The molecular weight excluding hydrogens is 221 g/mol. The zero-order valence-corrected chi connectivity index (χ0v) is 8.17. The summed E-state index contributed by atoms with van der Waals surface area (Å²) >= 11 is 0. The van der Waals surface area contributed by atoms with Gasteiger partial charge in [-0.2, -0.15) is 13.2 Å². The van der Waals surface area contributed by atoms with Crippen LogP contribution in [0.3, 0.4) is 0 Å². The van der Waals surface area contributed by atoms with E-state index in [1.54, 1.807) is 0 Å². The first-order valence-corrected chi connectivity index (χ1v) is 4.37. The van der Waals surface area contributed by atoms with Crippen LogP contribution in [0.25, 0.3) is 0 Å². The fourth-order valence-corrected chi connectivity index (χ4v) is 0.944. The number of nitrogen functional groups attached to an aromatic ring is 1. The molecule has 1 heterocycles. The quantitative estimate of drug-likeness (QED) is 0.717. The Morgan fingerprint density at radius 3 is 2.69 bits per heavy atom. The number of rotatable bonds is 1. The van der Waals surface area contributed by atoms with E-state index in [1.807, 2.05) is 0 Å². The summed E-state index contributed by atoms with van der Waals surface area (Å²) in [6.45, 7) is -0.153. The van der Waals surface area contributed by atoms with Crippen molar-refractivity contribution < 1.29 is 18.3 Å². The van der Waals surface area contributed by atoms with Crippen LogP contribution in [0.5, 0.6) is 0 Å². The highest BCUT2D eigenvalue weighted by Gasteiger charge is 2.31. The number of anilines is 1. The number of aromatic nitrogens is 1. The van der Waals surface area contributed by atoms with E-state index in [2.05, 4.69) is 16.8 Å². The van der Waals surface area contributed by atoms with Gasteiger partial charge in [0.2, 0.25) is 0 Å². The molecule has 1 aromatic rings. The Balaban J connectivity index is 3.06. The Bertz CT molecular complexity index is 432. The maximum atomic E-state index is 12.3. The van der Waals surface area contributed by atoms with Crippen molar-refractivity contribution in [1.29, 1.82) is 0 Å². The average Bonchev–Trinajstić information content (AvgIpc) is 2.19. The molecule has 16 heavy (non-hydrogen) atoms. The number of aliphatic hydroxyl groups is 1. The standard InChI is InChI=1S/C10H9F3N2O/c11-10(12,13)8-5-7(3-1-2-4-16)9(14)15-6-8/h5-6,16H,2,4H2,(H2,14,15). The first-order valence-electron chi connectivity index (χ1n) is 4.37. The van der Waals surface area contributed by atoms with Crippen LogP contribution in [0, 0.1) is 11.8 Å². The van der Waals surface area contributed by atoms with Gasteiger partial charge in [-0.25, -0.2) is 4.98 Å². The van der Waals surface area contributed by atoms with Crippen molar-refractivity contribution in [2.24, 2.45) is 0 Å². The van der Waals surface area contributed by atoms with Gasteiger partial charge in [0.1, 0.15) is 5.82 Å². The van der Waals surface area contributed by atoms with Crippen molar-refractivity contribution in [3.05, 3.63) is 23.4 Å². The average molecular weight is 230 g/mol. The summed E-state index contributed by atoms with van der Waals surface area (Å²) < 4.78 is 37.0. The Morgan fingerprint density at radius 1 is 1.44 bits per heavy atom. The molecule has 0 saturated carbocycles. The molecule has 0 spiro atoms. The Kier molecular flexibility index (Phi) is 3.74. The molecule has 0 fully saturated rings. The van der Waals surface area contributed by atoms with Crippen LogP contribution >= 0.6 is 0 Å². The maximum absolute atomic E-state index is 12.3. The number of hydrogen-bond donors (Lipinski definition) is 2. The van der Waals surface area contributed by atoms with Gasteiger partial charge in [-0.1, -0.05) is 11.8 Å². The third kappa shape index (κ3) is 3.14. The zero-order valence-electron chi connectivity index (χ0n) is 8.17. The van der Waals surface area contributed by atoms with Crippen LogP contribution in [0.2, 0.25) is 0 Å². The number of hydrogen-bond acceptors (Lipinski definition) is 3. The normalized spacial score (nSPS) is 10.8. The number of pyridine rings is 1. The predicted octanol–water partition coefficient (Wildman–Crippen LogP) is 1.42. The monoisotopic (exact) mass is 230 g/mol. The molecule has 0 amide bonds. The van der Waals surface area contributed by atoms with Gasteiger partial charge < -0.3 is 10.8 Å². The van der Waals surface area contributed by atoms with Crippen LogP contribution in [0.1, 0.15) is 17.5 Å². The molecule has 0 aliphatic carbocycles. The second-order valence-corrected chi connectivity index (χ2v) is 2.93. The summed E-state index contributed by atoms with van der Waals surface area (Å²) in [4.78, 5) is 3.42. The second kappa shape index (κ2) is 4.86. The summed E-state index contributed by atoms with van der Waals surface area (Å²) in [5.41, 5.74) is 4.49. The van der Waals surface area contributed by atoms with Gasteiger partial charge in [-0.05, 0) is 6.07 Å². The van der Waals surface area contributed by atoms with Crippen molar-refractivity contribution in [1.82, 2.24) is 4.98 Å². The third-order valence-corrected chi connectivity index (χ3v) is 1.71. The van der Waals surface area contributed by atoms with Crippen LogP contribution in [0.4, 0.5) is 19.0 Å². The Morgan fingerprint density at radius 2 is 2.12 bits per heavy atom.